The first-order valence-electron chi connectivity index (χ1n) is 6.31. The van der Waals surface area contributed by atoms with Crippen LogP contribution in [0.5, 0.6) is 0 Å². The third-order valence-corrected chi connectivity index (χ3v) is 4.24. The smallest absolute Gasteiger partial charge is 0.151 e. The highest BCUT2D eigenvalue weighted by atomic mass is 35.5. The molecule has 0 unspecified atom stereocenters. The van der Waals surface area contributed by atoms with E-state index in [1.165, 1.54) is 5.56 Å². The number of hydrogen-bond donors (Lipinski definition) is 0. The van der Waals surface area contributed by atoms with Gasteiger partial charge in [0.25, 0.3) is 0 Å². The van der Waals surface area contributed by atoms with Crippen molar-refractivity contribution < 1.29 is 0 Å². The van der Waals surface area contributed by atoms with Gasteiger partial charge in [-0.3, -0.25) is 0 Å². The Balaban J connectivity index is 1.88. The Morgan fingerprint density at radius 3 is 2.90 bits per heavy atom. The molecule has 0 spiro atoms. The molecule has 0 fully saturated rings. The summed E-state index contributed by atoms with van der Waals surface area (Å²) < 4.78 is 0. The minimum Gasteiger partial charge on any atom is -0.367 e. The summed E-state index contributed by atoms with van der Waals surface area (Å²) in [5, 5.41) is 3.45. The number of anilines is 1. The average molecular weight is 304 g/mol. The maximum Gasteiger partial charge on any atom is 0.151 e. The summed E-state index contributed by atoms with van der Waals surface area (Å²) in [6, 6.07) is 10.3. The molecule has 20 heavy (non-hydrogen) atoms. The lowest BCUT2D eigenvalue weighted by Gasteiger charge is -2.18. The second kappa shape index (κ2) is 5.38. The molecule has 0 atom stereocenters. The maximum absolute atomic E-state index is 6.20. The number of thiophene rings is 1. The molecule has 0 saturated heterocycles. The molecular weight excluding hydrogens is 290 g/mol. The lowest BCUT2D eigenvalue weighted by atomic mass is 10.2. The SMILES string of the molecule is Cc1cccc(N(C)Cc2nc(Cl)c3ccsc3n2)c1. The van der Waals surface area contributed by atoms with Crippen molar-refractivity contribution >= 4 is 38.8 Å². The third kappa shape index (κ3) is 2.62. The normalized spacial score (nSPS) is 10.9. The lowest BCUT2D eigenvalue weighted by Crippen LogP contribution is -2.18. The fourth-order valence-electron chi connectivity index (χ4n) is 2.10. The zero-order valence-electron chi connectivity index (χ0n) is 11.3. The number of fused-ring (bicyclic) bond motifs is 1. The first-order chi connectivity index (χ1) is 9.63. The van der Waals surface area contributed by atoms with Gasteiger partial charge in [0.2, 0.25) is 0 Å². The van der Waals surface area contributed by atoms with Crippen molar-refractivity contribution in [3.8, 4) is 0 Å². The van der Waals surface area contributed by atoms with Crippen LogP contribution >= 0.6 is 22.9 Å². The molecule has 1 aromatic carbocycles. The summed E-state index contributed by atoms with van der Waals surface area (Å²) in [6.45, 7) is 2.72. The van der Waals surface area contributed by atoms with Crippen LogP contribution in [0, 0.1) is 6.92 Å². The van der Waals surface area contributed by atoms with Gasteiger partial charge in [0.1, 0.15) is 9.98 Å². The number of aryl methyl sites for hydroxylation is 1. The number of nitrogens with zero attached hydrogens (tertiary/aromatic N) is 3. The fourth-order valence-corrected chi connectivity index (χ4v) is 3.19. The number of halogens is 1. The van der Waals surface area contributed by atoms with Crippen LogP contribution in [0.25, 0.3) is 10.2 Å². The Morgan fingerprint density at radius 1 is 1.25 bits per heavy atom. The third-order valence-electron chi connectivity index (χ3n) is 3.15. The summed E-state index contributed by atoms with van der Waals surface area (Å²) in [5.41, 5.74) is 2.39. The zero-order chi connectivity index (χ0) is 14.1. The Morgan fingerprint density at radius 2 is 2.10 bits per heavy atom. The molecule has 0 saturated carbocycles. The van der Waals surface area contributed by atoms with Crippen molar-refractivity contribution in [1.29, 1.82) is 0 Å². The molecule has 3 aromatic rings. The van der Waals surface area contributed by atoms with Crippen molar-refractivity contribution in [1.82, 2.24) is 9.97 Å². The number of hydrogen-bond acceptors (Lipinski definition) is 4. The molecule has 0 aliphatic carbocycles. The van der Waals surface area contributed by atoms with Gasteiger partial charge >= 0.3 is 0 Å². The van der Waals surface area contributed by atoms with Gasteiger partial charge < -0.3 is 4.90 Å². The van der Waals surface area contributed by atoms with Gasteiger partial charge in [-0.25, -0.2) is 9.97 Å². The Hall–Kier alpha value is -1.65. The van der Waals surface area contributed by atoms with Gasteiger partial charge in [0.15, 0.2) is 5.82 Å². The topological polar surface area (TPSA) is 29.0 Å². The van der Waals surface area contributed by atoms with Crippen molar-refractivity contribution in [3.05, 3.63) is 52.3 Å². The minimum atomic E-state index is 0.531. The summed E-state index contributed by atoms with van der Waals surface area (Å²) in [6.07, 6.45) is 0. The van der Waals surface area contributed by atoms with E-state index >= 15 is 0 Å². The molecule has 2 aromatic heterocycles. The quantitative estimate of drug-likeness (QED) is 0.676. The highest BCUT2D eigenvalue weighted by Gasteiger charge is 2.09. The van der Waals surface area contributed by atoms with E-state index in [0.29, 0.717) is 11.7 Å². The molecule has 0 amide bonds. The van der Waals surface area contributed by atoms with Crippen LogP contribution in [0.4, 0.5) is 5.69 Å². The van der Waals surface area contributed by atoms with E-state index < -0.39 is 0 Å². The predicted octanol–water partition coefficient (Wildman–Crippen LogP) is 4.29. The van der Waals surface area contributed by atoms with Gasteiger partial charge in [-0.05, 0) is 36.1 Å². The molecule has 3 rings (SSSR count). The first kappa shape index (κ1) is 13.3. The molecule has 0 radical (unpaired) electrons. The van der Waals surface area contributed by atoms with Crippen molar-refractivity contribution in [2.45, 2.75) is 13.5 Å². The fraction of sp³-hybridized carbons (Fsp3) is 0.200. The van der Waals surface area contributed by atoms with E-state index in [2.05, 4.69) is 46.1 Å². The molecular formula is C15H14ClN3S. The molecule has 0 bridgehead atoms. The Bertz CT molecular complexity index is 754. The Labute approximate surface area is 126 Å². The number of benzene rings is 1. The zero-order valence-corrected chi connectivity index (χ0v) is 12.9. The molecule has 5 heteroatoms. The van der Waals surface area contributed by atoms with Crippen LogP contribution < -0.4 is 4.90 Å². The summed E-state index contributed by atoms with van der Waals surface area (Å²) in [5.74, 6) is 0.744. The van der Waals surface area contributed by atoms with Crippen LogP contribution in [0.1, 0.15) is 11.4 Å². The monoisotopic (exact) mass is 303 g/mol. The summed E-state index contributed by atoms with van der Waals surface area (Å²) in [7, 11) is 2.03. The van der Waals surface area contributed by atoms with Crippen LogP contribution in [0.3, 0.4) is 0 Å². The van der Waals surface area contributed by atoms with Crippen LogP contribution in [-0.2, 0) is 6.54 Å². The largest absolute Gasteiger partial charge is 0.367 e. The molecule has 0 aliphatic heterocycles. The molecule has 0 aliphatic rings. The van der Waals surface area contributed by atoms with E-state index in [0.717, 1.165) is 21.7 Å². The van der Waals surface area contributed by atoms with Crippen molar-refractivity contribution in [2.24, 2.45) is 0 Å². The van der Waals surface area contributed by atoms with E-state index in [1.54, 1.807) is 11.3 Å². The van der Waals surface area contributed by atoms with Crippen LogP contribution in [-0.4, -0.2) is 17.0 Å². The number of rotatable bonds is 3. The van der Waals surface area contributed by atoms with Crippen molar-refractivity contribution in [3.63, 3.8) is 0 Å². The highest BCUT2D eigenvalue weighted by molar-refractivity contribution is 7.16. The molecule has 102 valence electrons. The molecule has 0 N–H and O–H groups in total. The van der Waals surface area contributed by atoms with Gasteiger partial charge in [0, 0.05) is 18.1 Å². The van der Waals surface area contributed by atoms with E-state index in [-0.39, 0.29) is 0 Å². The first-order valence-corrected chi connectivity index (χ1v) is 7.56. The van der Waals surface area contributed by atoms with E-state index in [9.17, 15) is 0 Å². The standard InChI is InChI=1S/C15H14ClN3S/c1-10-4-3-5-11(8-10)19(2)9-13-17-14(16)12-6-7-20-15(12)18-13/h3-8H,9H2,1-2H3. The second-order valence-electron chi connectivity index (χ2n) is 4.77. The van der Waals surface area contributed by atoms with Gasteiger partial charge in [-0.2, -0.15) is 0 Å². The number of aromatic nitrogens is 2. The van der Waals surface area contributed by atoms with Crippen LogP contribution in [0.2, 0.25) is 5.15 Å². The summed E-state index contributed by atoms with van der Waals surface area (Å²) >= 11 is 7.78. The van der Waals surface area contributed by atoms with Gasteiger partial charge in [-0.1, -0.05) is 23.7 Å². The lowest BCUT2D eigenvalue weighted by molar-refractivity contribution is 0.848. The van der Waals surface area contributed by atoms with Crippen LogP contribution in [0.15, 0.2) is 35.7 Å². The predicted molar refractivity (Wildman–Crippen MR) is 85.7 cm³/mol. The van der Waals surface area contributed by atoms with E-state index in [4.69, 9.17) is 11.6 Å². The average Bonchev–Trinajstić information content (AvgIpc) is 2.87. The molecule has 3 nitrogen and oxygen atoms in total. The maximum atomic E-state index is 6.20. The molecule has 2 heterocycles. The highest BCUT2D eigenvalue weighted by Crippen LogP contribution is 2.25. The van der Waals surface area contributed by atoms with Gasteiger partial charge in [0.05, 0.1) is 6.54 Å². The minimum absolute atomic E-state index is 0.531. The van der Waals surface area contributed by atoms with Gasteiger partial charge in [-0.15, -0.1) is 11.3 Å². The summed E-state index contributed by atoms with van der Waals surface area (Å²) in [4.78, 5) is 12.0. The van der Waals surface area contributed by atoms with Crippen molar-refractivity contribution in [2.75, 3.05) is 11.9 Å². The second-order valence-corrected chi connectivity index (χ2v) is 6.02. The Kier molecular flexibility index (Phi) is 3.59. The van der Waals surface area contributed by atoms with E-state index in [1.807, 2.05) is 18.5 Å².